The molecule has 2 N–H and O–H groups in total. The Bertz CT molecular complexity index is 487. The van der Waals surface area contributed by atoms with Crippen LogP contribution in [0.5, 0.6) is 5.75 Å². The molecule has 0 saturated carbocycles. The molecule has 0 heterocycles. The highest BCUT2D eigenvalue weighted by Gasteiger charge is 2.16. The third kappa shape index (κ3) is 4.44. The van der Waals surface area contributed by atoms with E-state index in [1.807, 2.05) is 0 Å². The molecule has 0 saturated heterocycles. The van der Waals surface area contributed by atoms with E-state index in [2.05, 4.69) is 4.72 Å². The molecule has 0 spiro atoms. The van der Waals surface area contributed by atoms with Gasteiger partial charge in [0.05, 0.1) is 11.4 Å². The number of anilines is 1. The average molecular weight is 278 g/mol. The van der Waals surface area contributed by atoms with E-state index in [4.69, 9.17) is 11.6 Å². The highest BCUT2D eigenvalue weighted by atomic mass is 35.5. The molecule has 0 aromatic heterocycles. The predicted octanol–water partition coefficient (Wildman–Crippen LogP) is 2.32. The fourth-order valence-corrected chi connectivity index (χ4v) is 3.14. The Morgan fingerprint density at radius 3 is 2.65 bits per heavy atom. The van der Waals surface area contributed by atoms with Crippen LogP contribution in [0.15, 0.2) is 18.2 Å². The number of sulfonamides is 1. The Kier molecular flexibility index (Phi) is 4.65. The molecule has 0 amide bonds. The first-order valence-corrected chi connectivity index (χ1v) is 7.39. The first-order valence-electron chi connectivity index (χ1n) is 5.20. The number of phenols is 1. The van der Waals surface area contributed by atoms with Crippen LogP contribution in [0.4, 0.5) is 5.69 Å². The fraction of sp³-hybridized carbons (Fsp3) is 0.455. The molecule has 0 aliphatic rings. The molecule has 0 aliphatic heterocycles. The summed E-state index contributed by atoms with van der Waals surface area (Å²) in [7, 11) is -3.40. The Hall–Kier alpha value is -0.940. The van der Waals surface area contributed by atoms with Gasteiger partial charge in [-0.25, -0.2) is 8.42 Å². The van der Waals surface area contributed by atoms with Gasteiger partial charge in [0.1, 0.15) is 5.75 Å². The third-order valence-corrected chi connectivity index (χ3v) is 4.31. The average Bonchev–Trinajstić information content (AvgIpc) is 2.21. The number of alkyl halides is 1. The number of hydrogen-bond acceptors (Lipinski definition) is 3. The third-order valence-electron chi connectivity index (χ3n) is 2.24. The van der Waals surface area contributed by atoms with Gasteiger partial charge >= 0.3 is 0 Å². The van der Waals surface area contributed by atoms with Gasteiger partial charge in [-0.05, 0) is 36.6 Å². The molecule has 0 bridgehead atoms. The highest BCUT2D eigenvalue weighted by Crippen LogP contribution is 2.21. The van der Waals surface area contributed by atoms with Gasteiger partial charge in [0, 0.05) is 5.88 Å². The van der Waals surface area contributed by atoms with Gasteiger partial charge in [0.15, 0.2) is 0 Å². The Morgan fingerprint density at radius 2 is 2.12 bits per heavy atom. The summed E-state index contributed by atoms with van der Waals surface area (Å²) >= 11 is 5.59. The molecule has 96 valence electrons. The zero-order chi connectivity index (χ0) is 13.1. The summed E-state index contributed by atoms with van der Waals surface area (Å²) in [5.41, 5.74) is 1.15. The van der Waals surface area contributed by atoms with Crippen molar-refractivity contribution in [1.82, 2.24) is 0 Å². The largest absolute Gasteiger partial charge is 0.508 e. The number of benzene rings is 1. The Morgan fingerprint density at radius 1 is 1.47 bits per heavy atom. The number of aromatic hydroxyl groups is 1. The van der Waals surface area contributed by atoms with Crippen LogP contribution in [0, 0.1) is 12.8 Å². The minimum atomic E-state index is -3.40. The van der Waals surface area contributed by atoms with E-state index in [1.165, 1.54) is 18.2 Å². The summed E-state index contributed by atoms with van der Waals surface area (Å²) in [4.78, 5) is 0. The van der Waals surface area contributed by atoms with Gasteiger partial charge in [0.2, 0.25) is 10.0 Å². The number of halogens is 1. The summed E-state index contributed by atoms with van der Waals surface area (Å²) in [6.45, 7) is 3.50. The van der Waals surface area contributed by atoms with E-state index in [-0.39, 0.29) is 17.4 Å². The van der Waals surface area contributed by atoms with Crippen molar-refractivity contribution in [3.05, 3.63) is 23.8 Å². The van der Waals surface area contributed by atoms with Crippen LogP contribution in [0.25, 0.3) is 0 Å². The lowest BCUT2D eigenvalue weighted by Gasteiger charge is -2.13. The second kappa shape index (κ2) is 5.60. The van der Waals surface area contributed by atoms with E-state index < -0.39 is 10.0 Å². The Labute approximate surface area is 107 Å². The maximum Gasteiger partial charge on any atom is 0.233 e. The molecule has 0 aliphatic carbocycles. The molecule has 1 aromatic rings. The lowest BCUT2D eigenvalue weighted by Crippen LogP contribution is -2.22. The molecule has 4 nitrogen and oxygen atoms in total. The van der Waals surface area contributed by atoms with E-state index in [9.17, 15) is 13.5 Å². The van der Waals surface area contributed by atoms with Crippen molar-refractivity contribution in [2.24, 2.45) is 5.92 Å². The summed E-state index contributed by atoms with van der Waals surface area (Å²) in [5, 5.41) is 9.22. The van der Waals surface area contributed by atoms with Crippen LogP contribution in [0.2, 0.25) is 0 Å². The number of phenolic OH excluding ortho intramolecular Hbond substituents is 1. The van der Waals surface area contributed by atoms with E-state index >= 15 is 0 Å². The lowest BCUT2D eigenvalue weighted by molar-refractivity contribution is 0.475. The van der Waals surface area contributed by atoms with Gasteiger partial charge < -0.3 is 5.11 Å². The molecule has 1 atom stereocenters. The molecule has 1 rings (SSSR count). The summed E-state index contributed by atoms with van der Waals surface area (Å²) in [5.74, 6) is 0.290. The minimum Gasteiger partial charge on any atom is -0.508 e. The standard InChI is InChI=1S/C11H16ClNO3S/c1-8(6-12)7-17(15,16)13-11-4-3-10(14)5-9(11)2/h3-5,8,13-14H,6-7H2,1-2H3. The minimum absolute atomic E-state index is 0.0170. The number of rotatable bonds is 5. The van der Waals surface area contributed by atoms with Crippen molar-refractivity contribution in [2.45, 2.75) is 13.8 Å². The van der Waals surface area contributed by atoms with Crippen LogP contribution < -0.4 is 4.72 Å². The molecular formula is C11H16ClNO3S. The highest BCUT2D eigenvalue weighted by molar-refractivity contribution is 7.92. The second-order valence-corrected chi connectivity index (χ2v) is 6.22. The zero-order valence-electron chi connectivity index (χ0n) is 9.77. The fourth-order valence-electron chi connectivity index (χ4n) is 1.39. The van der Waals surface area contributed by atoms with Crippen LogP contribution in [-0.2, 0) is 10.0 Å². The molecular weight excluding hydrogens is 262 g/mol. The Balaban J connectivity index is 2.83. The maximum absolute atomic E-state index is 11.8. The van der Waals surface area contributed by atoms with Crippen molar-refractivity contribution < 1.29 is 13.5 Å². The zero-order valence-corrected chi connectivity index (χ0v) is 11.3. The first-order chi connectivity index (χ1) is 7.84. The van der Waals surface area contributed by atoms with Crippen molar-refractivity contribution in [1.29, 1.82) is 0 Å². The van der Waals surface area contributed by atoms with Crippen LogP contribution in [0.3, 0.4) is 0 Å². The number of aryl methyl sites for hydroxylation is 1. The predicted molar refractivity (Wildman–Crippen MR) is 70.1 cm³/mol. The van der Waals surface area contributed by atoms with Crippen molar-refractivity contribution in [3.63, 3.8) is 0 Å². The molecule has 0 fully saturated rings. The van der Waals surface area contributed by atoms with Crippen LogP contribution >= 0.6 is 11.6 Å². The molecule has 6 heteroatoms. The van der Waals surface area contributed by atoms with Crippen molar-refractivity contribution in [3.8, 4) is 5.75 Å². The van der Waals surface area contributed by atoms with E-state index in [0.717, 1.165) is 0 Å². The van der Waals surface area contributed by atoms with E-state index in [1.54, 1.807) is 13.8 Å². The van der Waals surface area contributed by atoms with Crippen LogP contribution in [0.1, 0.15) is 12.5 Å². The van der Waals surface area contributed by atoms with Gasteiger partial charge in [-0.3, -0.25) is 4.72 Å². The molecule has 1 unspecified atom stereocenters. The van der Waals surface area contributed by atoms with Crippen molar-refractivity contribution >= 4 is 27.3 Å². The van der Waals surface area contributed by atoms with Gasteiger partial charge in [0.25, 0.3) is 0 Å². The topological polar surface area (TPSA) is 66.4 Å². The van der Waals surface area contributed by atoms with Crippen LogP contribution in [-0.4, -0.2) is 25.2 Å². The second-order valence-electron chi connectivity index (χ2n) is 4.14. The smallest absolute Gasteiger partial charge is 0.233 e. The molecule has 1 aromatic carbocycles. The quantitative estimate of drug-likeness (QED) is 0.641. The summed E-state index contributed by atoms with van der Waals surface area (Å²) in [6, 6.07) is 4.48. The van der Waals surface area contributed by atoms with Gasteiger partial charge in [-0.1, -0.05) is 6.92 Å². The number of hydrogen-bond donors (Lipinski definition) is 2. The molecule has 17 heavy (non-hydrogen) atoms. The summed E-state index contributed by atoms with van der Waals surface area (Å²) < 4.78 is 26.0. The molecule has 0 radical (unpaired) electrons. The normalized spacial score (nSPS) is 13.4. The van der Waals surface area contributed by atoms with Crippen molar-refractivity contribution in [2.75, 3.05) is 16.4 Å². The monoisotopic (exact) mass is 277 g/mol. The first kappa shape index (κ1) is 14.1. The number of nitrogens with one attached hydrogen (secondary N) is 1. The summed E-state index contributed by atoms with van der Waals surface area (Å²) in [6.07, 6.45) is 0. The maximum atomic E-state index is 11.8. The van der Waals surface area contributed by atoms with E-state index in [0.29, 0.717) is 17.1 Å². The van der Waals surface area contributed by atoms with Gasteiger partial charge in [-0.2, -0.15) is 0 Å². The SMILES string of the molecule is Cc1cc(O)ccc1NS(=O)(=O)CC(C)CCl. The lowest BCUT2D eigenvalue weighted by atomic mass is 10.2. The van der Waals surface area contributed by atoms with Gasteiger partial charge in [-0.15, -0.1) is 11.6 Å².